The number of hydrogen-bond acceptors (Lipinski definition) is 4. The molecule has 2 amide bonds. The van der Waals surface area contributed by atoms with Gasteiger partial charge in [0.2, 0.25) is 11.8 Å². The van der Waals surface area contributed by atoms with Gasteiger partial charge in [-0.1, -0.05) is 92.0 Å². The smallest absolute Gasteiger partial charge is 0.264 e. The third-order valence-corrected chi connectivity index (χ3v) is 9.74. The Morgan fingerprint density at radius 3 is 1.95 bits per heavy atom. The minimum Gasteiger partial charge on any atom is -0.355 e. The molecule has 43 heavy (non-hydrogen) atoms. The van der Waals surface area contributed by atoms with Crippen molar-refractivity contribution in [1.29, 1.82) is 0 Å². The summed E-state index contributed by atoms with van der Waals surface area (Å²) in [5.74, 6) is -0.817. The average Bonchev–Trinajstić information content (AvgIpc) is 3.00. The van der Waals surface area contributed by atoms with E-state index < -0.39 is 28.5 Å². The molecule has 0 bridgehead atoms. The molecule has 0 aliphatic rings. The summed E-state index contributed by atoms with van der Waals surface area (Å²) in [7, 11) is -4.14. The average molecular weight is 728 g/mol. The van der Waals surface area contributed by atoms with E-state index in [0.29, 0.717) is 12.2 Å². The number of aryl methyl sites for hydroxylation is 1. The zero-order valence-corrected chi connectivity index (χ0v) is 27.9. The van der Waals surface area contributed by atoms with Crippen molar-refractivity contribution >= 4 is 59.4 Å². The minimum absolute atomic E-state index is 0.0674. The van der Waals surface area contributed by atoms with Crippen molar-refractivity contribution in [2.45, 2.75) is 37.8 Å². The Morgan fingerprint density at radius 1 is 0.791 bits per heavy atom. The van der Waals surface area contributed by atoms with Crippen LogP contribution in [0.4, 0.5) is 5.69 Å². The van der Waals surface area contributed by atoms with Gasteiger partial charge in [-0.2, -0.15) is 0 Å². The molecule has 0 saturated heterocycles. The largest absolute Gasteiger partial charge is 0.355 e. The van der Waals surface area contributed by atoms with Crippen LogP contribution in [0, 0.1) is 6.92 Å². The molecule has 4 rings (SSSR count). The Kier molecular flexibility index (Phi) is 11.2. The maximum Gasteiger partial charge on any atom is 0.264 e. The molecule has 1 N–H and O–H groups in total. The predicted octanol–water partition coefficient (Wildman–Crippen LogP) is 6.49. The number of anilines is 1. The fraction of sp³-hybridized carbons (Fsp3) is 0.212. The van der Waals surface area contributed by atoms with Crippen molar-refractivity contribution in [3.05, 3.63) is 129 Å². The van der Waals surface area contributed by atoms with Crippen molar-refractivity contribution < 1.29 is 18.0 Å². The maximum atomic E-state index is 14.4. The van der Waals surface area contributed by atoms with Crippen LogP contribution < -0.4 is 9.62 Å². The van der Waals surface area contributed by atoms with Gasteiger partial charge in [-0.3, -0.25) is 13.9 Å². The first-order chi connectivity index (χ1) is 20.6. The molecule has 4 aromatic rings. The number of halogens is 2. The van der Waals surface area contributed by atoms with Crippen LogP contribution in [0.1, 0.15) is 23.6 Å². The van der Waals surface area contributed by atoms with Crippen LogP contribution in [0.2, 0.25) is 0 Å². The number of nitrogens with zero attached hydrogens (tertiary/aromatic N) is 2. The molecule has 0 fully saturated rings. The molecule has 0 heterocycles. The standard InChI is InChI=1S/C33H33Br2N3O4S/c1-3-36-33(40)31(21-25-7-5-4-6-8-25)37(22-26-11-13-27(34)14-12-26)32(39)23-38(29-17-15-28(35)16-18-29)43(41,42)30-19-9-24(2)10-20-30/h4-20,31H,3,21-23H2,1-2H3,(H,36,40)/t31-/m0/s1. The first-order valence-electron chi connectivity index (χ1n) is 13.8. The van der Waals surface area contributed by atoms with E-state index in [2.05, 4.69) is 37.2 Å². The second-order valence-electron chi connectivity index (χ2n) is 10.0. The monoisotopic (exact) mass is 725 g/mol. The van der Waals surface area contributed by atoms with Crippen LogP contribution >= 0.6 is 31.9 Å². The Balaban J connectivity index is 1.78. The molecule has 0 unspecified atom stereocenters. The van der Waals surface area contributed by atoms with E-state index in [-0.39, 0.29) is 23.8 Å². The van der Waals surface area contributed by atoms with E-state index in [1.165, 1.54) is 17.0 Å². The quantitative estimate of drug-likeness (QED) is 0.181. The van der Waals surface area contributed by atoms with Crippen LogP contribution in [-0.4, -0.2) is 44.3 Å². The van der Waals surface area contributed by atoms with E-state index in [1.807, 2.05) is 68.4 Å². The predicted molar refractivity (Wildman–Crippen MR) is 177 cm³/mol. The topological polar surface area (TPSA) is 86.8 Å². The van der Waals surface area contributed by atoms with Gasteiger partial charge in [0.1, 0.15) is 12.6 Å². The first-order valence-corrected chi connectivity index (χ1v) is 16.8. The fourth-order valence-corrected chi connectivity index (χ4v) is 6.55. The summed E-state index contributed by atoms with van der Waals surface area (Å²) in [6.45, 7) is 3.69. The molecule has 0 aromatic heterocycles. The van der Waals surface area contributed by atoms with Gasteiger partial charge in [-0.25, -0.2) is 8.42 Å². The Bertz CT molecular complexity index is 1630. The van der Waals surface area contributed by atoms with Crippen molar-refractivity contribution in [3.63, 3.8) is 0 Å². The Labute approximate surface area is 270 Å². The van der Waals surface area contributed by atoms with Gasteiger partial charge < -0.3 is 10.2 Å². The number of rotatable bonds is 12. The van der Waals surface area contributed by atoms with Gasteiger partial charge in [0.25, 0.3) is 10.0 Å². The van der Waals surface area contributed by atoms with Crippen LogP contribution in [-0.2, 0) is 32.6 Å². The number of carbonyl (C=O) groups excluding carboxylic acids is 2. The zero-order chi connectivity index (χ0) is 31.0. The molecule has 0 aliphatic carbocycles. The second-order valence-corrected chi connectivity index (χ2v) is 13.7. The molecule has 0 aliphatic heterocycles. The summed E-state index contributed by atoms with van der Waals surface area (Å²) in [5.41, 5.74) is 2.93. The third kappa shape index (κ3) is 8.55. The maximum absolute atomic E-state index is 14.4. The third-order valence-electron chi connectivity index (χ3n) is 6.89. The summed E-state index contributed by atoms with van der Waals surface area (Å²) in [6.07, 6.45) is 0.262. The SMILES string of the molecule is CCNC(=O)[C@H](Cc1ccccc1)N(Cc1ccc(Br)cc1)C(=O)CN(c1ccc(Br)cc1)S(=O)(=O)c1ccc(C)cc1. The van der Waals surface area contributed by atoms with Gasteiger partial charge in [0, 0.05) is 28.5 Å². The molecule has 10 heteroatoms. The molecule has 224 valence electrons. The number of hydrogen-bond donors (Lipinski definition) is 1. The number of nitrogens with one attached hydrogen (secondary N) is 1. The summed E-state index contributed by atoms with van der Waals surface area (Å²) in [5, 5.41) is 2.87. The summed E-state index contributed by atoms with van der Waals surface area (Å²) < 4.78 is 30.8. The number of sulfonamides is 1. The minimum atomic E-state index is -4.14. The molecule has 7 nitrogen and oxygen atoms in total. The number of benzene rings is 4. The van der Waals surface area contributed by atoms with Crippen LogP contribution in [0.5, 0.6) is 0 Å². The highest BCUT2D eigenvalue weighted by atomic mass is 79.9. The van der Waals surface area contributed by atoms with Gasteiger partial charge in [0.05, 0.1) is 10.6 Å². The molecule has 1 atom stereocenters. The Morgan fingerprint density at radius 2 is 1.37 bits per heavy atom. The lowest BCUT2D eigenvalue weighted by molar-refractivity contribution is -0.140. The molecule has 4 aromatic carbocycles. The molecular formula is C33H33Br2N3O4S. The number of likely N-dealkylation sites (N-methyl/N-ethyl adjacent to an activating group) is 1. The lowest BCUT2D eigenvalue weighted by Gasteiger charge is -2.34. The van der Waals surface area contributed by atoms with Crippen LogP contribution in [0.15, 0.2) is 117 Å². The summed E-state index contributed by atoms with van der Waals surface area (Å²) >= 11 is 6.85. The highest BCUT2D eigenvalue weighted by Crippen LogP contribution is 2.27. The van der Waals surface area contributed by atoms with E-state index >= 15 is 0 Å². The molecule has 0 saturated carbocycles. The number of amides is 2. The second kappa shape index (κ2) is 14.8. The molecule has 0 spiro atoms. The lowest BCUT2D eigenvalue weighted by atomic mass is 10.0. The van der Waals surface area contributed by atoms with E-state index in [4.69, 9.17) is 0 Å². The summed E-state index contributed by atoms with van der Waals surface area (Å²) in [6, 6.07) is 29.3. The van der Waals surface area contributed by atoms with Gasteiger partial charge >= 0.3 is 0 Å². The fourth-order valence-electron chi connectivity index (χ4n) is 4.61. The van der Waals surface area contributed by atoms with Crippen molar-refractivity contribution in [2.24, 2.45) is 0 Å². The molecule has 0 radical (unpaired) electrons. The van der Waals surface area contributed by atoms with Crippen molar-refractivity contribution in [2.75, 3.05) is 17.4 Å². The Hall–Kier alpha value is -3.47. The normalized spacial score (nSPS) is 11.9. The van der Waals surface area contributed by atoms with Crippen molar-refractivity contribution in [3.8, 4) is 0 Å². The van der Waals surface area contributed by atoms with Crippen LogP contribution in [0.25, 0.3) is 0 Å². The zero-order valence-electron chi connectivity index (χ0n) is 23.9. The lowest BCUT2D eigenvalue weighted by Crippen LogP contribution is -2.53. The first kappa shape index (κ1) is 32.4. The van der Waals surface area contributed by atoms with E-state index in [0.717, 1.165) is 29.9 Å². The highest BCUT2D eigenvalue weighted by molar-refractivity contribution is 9.10. The summed E-state index contributed by atoms with van der Waals surface area (Å²) in [4.78, 5) is 29.4. The van der Waals surface area contributed by atoms with E-state index in [9.17, 15) is 18.0 Å². The molecular weight excluding hydrogens is 694 g/mol. The van der Waals surface area contributed by atoms with Crippen molar-refractivity contribution in [1.82, 2.24) is 10.2 Å². The van der Waals surface area contributed by atoms with E-state index in [1.54, 1.807) is 36.4 Å². The van der Waals surface area contributed by atoms with Crippen LogP contribution in [0.3, 0.4) is 0 Å². The highest BCUT2D eigenvalue weighted by Gasteiger charge is 2.34. The van der Waals surface area contributed by atoms with Gasteiger partial charge in [0.15, 0.2) is 0 Å². The van der Waals surface area contributed by atoms with Gasteiger partial charge in [-0.05, 0) is 73.5 Å². The number of carbonyl (C=O) groups is 2. The van der Waals surface area contributed by atoms with Gasteiger partial charge in [-0.15, -0.1) is 0 Å².